The molecule has 0 radical (unpaired) electrons. The number of carbonyl (C=O) groups excluding carboxylic acids is 2. The predicted molar refractivity (Wildman–Crippen MR) is 159 cm³/mol. The van der Waals surface area contributed by atoms with Crippen molar-refractivity contribution in [3.8, 4) is 0 Å². The number of benzene rings is 1. The van der Waals surface area contributed by atoms with Crippen LogP contribution in [0.15, 0.2) is 30.3 Å². The number of aliphatic hydroxyl groups excluding tert-OH is 2. The molecule has 0 aliphatic heterocycles. The van der Waals surface area contributed by atoms with Crippen LogP contribution in [0.3, 0.4) is 0 Å². The molecule has 1 unspecified atom stereocenters. The van der Waals surface area contributed by atoms with Crippen molar-refractivity contribution >= 4 is 22.6 Å². The standard InChI is InChI=1S/C31H52N2O5S/c1-21(2)16-28(34)29(35)27(18-25-14-10-7-11-15-25)33-30(36)23(5)19-32-31(37)26(20-39(38)22(3)4)17-24-12-8-6-9-13-24/h6,8-9,12-13,21-23,25-29,34-35H,7,10-11,14-20H2,1-5H3,(H,32,37)(H,33,36)/t23-,26-,27+,28+,29-,39?/m1/s1. The van der Waals surface area contributed by atoms with Crippen molar-refractivity contribution in [2.24, 2.45) is 23.7 Å². The Hall–Kier alpha value is -1.77. The summed E-state index contributed by atoms with van der Waals surface area (Å²) in [5, 5.41) is 27.5. The molecule has 0 heterocycles. The summed E-state index contributed by atoms with van der Waals surface area (Å²) in [6.45, 7) is 9.66. The van der Waals surface area contributed by atoms with Crippen molar-refractivity contribution in [1.82, 2.24) is 10.6 Å². The number of hydrogen-bond acceptors (Lipinski definition) is 5. The quantitative estimate of drug-likeness (QED) is 0.242. The number of nitrogens with one attached hydrogen (secondary N) is 2. The molecule has 0 saturated heterocycles. The van der Waals surface area contributed by atoms with Crippen LogP contribution >= 0.6 is 0 Å². The van der Waals surface area contributed by atoms with Crippen LogP contribution in [0.1, 0.15) is 85.1 Å². The van der Waals surface area contributed by atoms with Crippen molar-refractivity contribution < 1.29 is 24.0 Å². The first-order chi connectivity index (χ1) is 18.5. The summed E-state index contributed by atoms with van der Waals surface area (Å²) in [6.07, 6.45) is 5.32. The maximum Gasteiger partial charge on any atom is 0.224 e. The highest BCUT2D eigenvalue weighted by Crippen LogP contribution is 2.29. The van der Waals surface area contributed by atoms with E-state index in [0.717, 1.165) is 31.2 Å². The molecule has 2 amide bonds. The van der Waals surface area contributed by atoms with E-state index in [0.29, 0.717) is 25.2 Å². The maximum atomic E-state index is 13.2. The molecular formula is C31H52N2O5S. The monoisotopic (exact) mass is 564 g/mol. The molecule has 1 aliphatic rings. The molecule has 1 saturated carbocycles. The van der Waals surface area contributed by atoms with Crippen molar-refractivity contribution in [3.05, 3.63) is 35.9 Å². The zero-order valence-corrected chi connectivity index (χ0v) is 25.4. The number of amides is 2. The van der Waals surface area contributed by atoms with Crippen LogP contribution in [0.4, 0.5) is 0 Å². The zero-order valence-electron chi connectivity index (χ0n) is 24.6. The van der Waals surface area contributed by atoms with Crippen LogP contribution in [0.2, 0.25) is 0 Å². The lowest BCUT2D eigenvalue weighted by molar-refractivity contribution is -0.128. The molecular weight excluding hydrogens is 512 g/mol. The molecule has 4 N–H and O–H groups in total. The van der Waals surface area contributed by atoms with Crippen LogP contribution in [0.5, 0.6) is 0 Å². The topological polar surface area (TPSA) is 116 Å². The van der Waals surface area contributed by atoms with E-state index in [9.17, 15) is 24.0 Å². The number of rotatable bonds is 16. The SMILES string of the molecule is CC(C)C[C@H](O)[C@H](O)[C@H](CC1CCCCC1)NC(=O)[C@H](C)CNC(=O)[C@H](Cc1ccccc1)CS(=O)C(C)C. The predicted octanol–water partition coefficient (Wildman–Crippen LogP) is 3.98. The van der Waals surface area contributed by atoms with E-state index in [-0.39, 0.29) is 35.3 Å². The Morgan fingerprint density at radius 2 is 1.62 bits per heavy atom. The van der Waals surface area contributed by atoms with Gasteiger partial charge in [-0.05, 0) is 36.7 Å². The van der Waals surface area contributed by atoms with E-state index in [1.54, 1.807) is 6.92 Å². The van der Waals surface area contributed by atoms with E-state index in [2.05, 4.69) is 10.6 Å². The van der Waals surface area contributed by atoms with Gasteiger partial charge in [0.1, 0.15) is 6.10 Å². The Morgan fingerprint density at radius 3 is 2.21 bits per heavy atom. The Labute approximate surface area is 238 Å². The highest BCUT2D eigenvalue weighted by Gasteiger charge is 2.32. The van der Waals surface area contributed by atoms with Gasteiger partial charge in [0, 0.05) is 28.3 Å². The molecule has 1 aromatic rings. The summed E-state index contributed by atoms with van der Waals surface area (Å²) < 4.78 is 12.6. The third kappa shape index (κ3) is 12.1. The molecule has 1 aliphatic carbocycles. The van der Waals surface area contributed by atoms with E-state index in [1.165, 1.54) is 6.42 Å². The van der Waals surface area contributed by atoms with Gasteiger partial charge in [0.2, 0.25) is 11.8 Å². The van der Waals surface area contributed by atoms with Crippen LogP contribution in [-0.4, -0.2) is 62.0 Å². The number of carbonyl (C=O) groups is 2. The third-order valence-electron chi connectivity index (χ3n) is 7.78. The van der Waals surface area contributed by atoms with Gasteiger partial charge in [0.25, 0.3) is 0 Å². The molecule has 8 heteroatoms. The minimum Gasteiger partial charge on any atom is -0.390 e. The summed E-state index contributed by atoms with van der Waals surface area (Å²) in [5.41, 5.74) is 1.00. The van der Waals surface area contributed by atoms with Crippen LogP contribution < -0.4 is 10.6 Å². The molecule has 7 nitrogen and oxygen atoms in total. The summed E-state index contributed by atoms with van der Waals surface area (Å²) in [5.74, 6) is -0.536. The molecule has 222 valence electrons. The van der Waals surface area contributed by atoms with Crippen molar-refractivity contribution in [2.45, 2.75) is 109 Å². The molecule has 0 bridgehead atoms. The van der Waals surface area contributed by atoms with Gasteiger partial charge in [-0.25, -0.2) is 0 Å². The molecule has 2 rings (SSSR count). The lowest BCUT2D eigenvalue weighted by Gasteiger charge is -2.33. The summed E-state index contributed by atoms with van der Waals surface area (Å²) in [6, 6.07) is 9.15. The molecule has 6 atom stereocenters. The number of aliphatic hydroxyl groups is 2. The molecule has 39 heavy (non-hydrogen) atoms. The summed E-state index contributed by atoms with van der Waals surface area (Å²) in [4.78, 5) is 26.3. The lowest BCUT2D eigenvalue weighted by atomic mass is 9.82. The second kappa shape index (κ2) is 17.1. The summed E-state index contributed by atoms with van der Waals surface area (Å²) in [7, 11) is -1.14. The number of hydrogen-bond donors (Lipinski definition) is 4. The average Bonchev–Trinajstić information content (AvgIpc) is 2.90. The average molecular weight is 565 g/mol. The Bertz CT molecular complexity index is 888. The van der Waals surface area contributed by atoms with E-state index in [1.807, 2.05) is 58.0 Å². The van der Waals surface area contributed by atoms with Gasteiger partial charge >= 0.3 is 0 Å². The first-order valence-corrected chi connectivity index (χ1v) is 16.2. The first-order valence-electron chi connectivity index (χ1n) is 14.8. The lowest BCUT2D eigenvalue weighted by Crippen LogP contribution is -2.52. The second-order valence-electron chi connectivity index (χ2n) is 12.2. The van der Waals surface area contributed by atoms with Crippen LogP contribution in [0.25, 0.3) is 0 Å². The molecule has 1 aromatic carbocycles. The first kappa shape index (κ1) is 33.4. The van der Waals surface area contributed by atoms with E-state index < -0.39 is 40.9 Å². The minimum absolute atomic E-state index is 0.0423. The van der Waals surface area contributed by atoms with Gasteiger partial charge in [-0.2, -0.15) is 0 Å². The van der Waals surface area contributed by atoms with Gasteiger partial charge < -0.3 is 20.8 Å². The van der Waals surface area contributed by atoms with E-state index >= 15 is 0 Å². The zero-order chi connectivity index (χ0) is 28.9. The largest absolute Gasteiger partial charge is 0.390 e. The molecule has 0 spiro atoms. The van der Waals surface area contributed by atoms with E-state index in [4.69, 9.17) is 0 Å². The Balaban J connectivity index is 2.01. The second-order valence-corrected chi connectivity index (χ2v) is 14.2. The summed E-state index contributed by atoms with van der Waals surface area (Å²) >= 11 is 0. The van der Waals surface area contributed by atoms with Crippen molar-refractivity contribution in [2.75, 3.05) is 12.3 Å². The minimum atomic E-state index is -1.14. The van der Waals surface area contributed by atoms with Gasteiger partial charge in [-0.1, -0.05) is 97.1 Å². The van der Waals surface area contributed by atoms with Gasteiger partial charge in [0.15, 0.2) is 0 Å². The van der Waals surface area contributed by atoms with Crippen molar-refractivity contribution in [1.29, 1.82) is 0 Å². The Kier molecular flexibility index (Phi) is 14.7. The van der Waals surface area contributed by atoms with Crippen molar-refractivity contribution in [3.63, 3.8) is 0 Å². The smallest absolute Gasteiger partial charge is 0.224 e. The van der Waals surface area contributed by atoms with Gasteiger partial charge in [0.05, 0.1) is 24.0 Å². The molecule has 0 aromatic heterocycles. The molecule has 1 fully saturated rings. The normalized spacial score (nSPS) is 19.2. The third-order valence-corrected chi connectivity index (χ3v) is 9.56. The maximum absolute atomic E-state index is 13.2. The fourth-order valence-electron chi connectivity index (χ4n) is 5.29. The fourth-order valence-corrected chi connectivity index (χ4v) is 6.34. The van der Waals surface area contributed by atoms with Crippen LogP contribution in [0, 0.1) is 23.7 Å². The highest BCUT2D eigenvalue weighted by molar-refractivity contribution is 7.85. The Morgan fingerprint density at radius 1 is 0.974 bits per heavy atom. The van der Waals surface area contributed by atoms with Crippen LogP contribution in [-0.2, 0) is 26.8 Å². The van der Waals surface area contributed by atoms with Gasteiger partial charge in [-0.3, -0.25) is 13.8 Å². The van der Waals surface area contributed by atoms with Gasteiger partial charge in [-0.15, -0.1) is 0 Å². The fraction of sp³-hybridized carbons (Fsp3) is 0.742. The highest BCUT2D eigenvalue weighted by atomic mass is 32.2.